The highest BCUT2D eigenvalue weighted by atomic mass is 16.3. The van der Waals surface area contributed by atoms with Gasteiger partial charge in [-0.25, -0.2) is 0 Å². The third-order valence-electron chi connectivity index (χ3n) is 4.03. The number of fused-ring (bicyclic) bond motifs is 1. The molecular formula is C19H20N2O3. The van der Waals surface area contributed by atoms with Crippen LogP contribution in [-0.4, -0.2) is 21.8 Å². The summed E-state index contributed by atoms with van der Waals surface area (Å²) in [7, 11) is 0. The second-order valence-electron chi connectivity index (χ2n) is 6.22. The van der Waals surface area contributed by atoms with Gasteiger partial charge >= 0.3 is 0 Å². The van der Waals surface area contributed by atoms with Crippen molar-refractivity contribution in [3.63, 3.8) is 0 Å². The monoisotopic (exact) mass is 324 g/mol. The molecule has 1 aromatic carbocycles. The molecule has 0 unspecified atom stereocenters. The van der Waals surface area contributed by atoms with Crippen LogP contribution < -0.4 is 5.56 Å². The van der Waals surface area contributed by atoms with Gasteiger partial charge in [0.1, 0.15) is 0 Å². The number of carbonyl (C=O) groups excluding carboxylic acids is 1. The van der Waals surface area contributed by atoms with E-state index in [-0.39, 0.29) is 29.8 Å². The van der Waals surface area contributed by atoms with E-state index in [0.717, 1.165) is 16.5 Å². The number of nitrogens with one attached hydrogen (secondary N) is 1. The van der Waals surface area contributed by atoms with Crippen molar-refractivity contribution in [3.8, 4) is 0 Å². The van der Waals surface area contributed by atoms with Crippen molar-refractivity contribution in [2.75, 3.05) is 0 Å². The Morgan fingerprint density at radius 2 is 2.04 bits per heavy atom. The van der Waals surface area contributed by atoms with Crippen LogP contribution in [-0.2, 0) is 6.54 Å². The molecule has 0 saturated heterocycles. The van der Waals surface area contributed by atoms with Gasteiger partial charge in [-0.3, -0.25) is 9.59 Å². The first kappa shape index (κ1) is 16.1. The number of rotatable bonds is 4. The maximum atomic E-state index is 12.6. The van der Waals surface area contributed by atoms with E-state index in [0.29, 0.717) is 5.56 Å². The number of nitrogens with zero attached hydrogens (tertiary/aromatic N) is 1. The van der Waals surface area contributed by atoms with Crippen LogP contribution >= 0.6 is 0 Å². The largest absolute Gasteiger partial charge is 0.459 e. The van der Waals surface area contributed by atoms with Crippen molar-refractivity contribution in [1.29, 1.82) is 0 Å². The van der Waals surface area contributed by atoms with Crippen molar-refractivity contribution in [2.45, 2.75) is 33.4 Å². The van der Waals surface area contributed by atoms with Gasteiger partial charge in [0.15, 0.2) is 5.76 Å². The Balaban J connectivity index is 1.98. The Morgan fingerprint density at radius 1 is 1.25 bits per heavy atom. The lowest BCUT2D eigenvalue weighted by Crippen LogP contribution is -2.37. The maximum Gasteiger partial charge on any atom is 0.290 e. The molecule has 5 heteroatoms. The topological polar surface area (TPSA) is 66.3 Å². The molecule has 3 rings (SSSR count). The second kappa shape index (κ2) is 6.35. The van der Waals surface area contributed by atoms with E-state index in [2.05, 4.69) is 4.98 Å². The lowest BCUT2D eigenvalue weighted by atomic mass is 10.1. The zero-order valence-corrected chi connectivity index (χ0v) is 14.0. The molecule has 0 saturated carbocycles. The van der Waals surface area contributed by atoms with Gasteiger partial charge in [-0.15, -0.1) is 0 Å². The number of aromatic amines is 1. The summed E-state index contributed by atoms with van der Waals surface area (Å²) in [6.07, 6.45) is 1.47. The fraction of sp³-hybridized carbons (Fsp3) is 0.263. The van der Waals surface area contributed by atoms with Crippen molar-refractivity contribution < 1.29 is 9.21 Å². The molecule has 0 fully saturated rings. The Labute approximate surface area is 139 Å². The standard InChI is InChI=1S/C19H20N2O3/c1-12(2)21(19(23)17-5-4-8-24-17)11-15-10-14-9-13(3)6-7-16(14)20-18(15)22/h4-10,12H,11H2,1-3H3,(H,20,22). The van der Waals surface area contributed by atoms with Crippen molar-refractivity contribution in [1.82, 2.24) is 9.88 Å². The number of pyridine rings is 1. The molecular weight excluding hydrogens is 304 g/mol. The summed E-state index contributed by atoms with van der Waals surface area (Å²) in [5, 5.41) is 0.957. The van der Waals surface area contributed by atoms with Crippen molar-refractivity contribution in [3.05, 3.63) is 69.9 Å². The number of benzene rings is 1. The number of H-pyrrole nitrogens is 1. The molecule has 24 heavy (non-hydrogen) atoms. The molecule has 3 aromatic rings. The van der Waals surface area contributed by atoms with Crippen LogP contribution in [0.3, 0.4) is 0 Å². The van der Waals surface area contributed by atoms with Crippen molar-refractivity contribution in [2.24, 2.45) is 0 Å². The normalized spacial score (nSPS) is 11.2. The first-order valence-corrected chi connectivity index (χ1v) is 7.93. The number of aryl methyl sites for hydroxylation is 1. The van der Waals surface area contributed by atoms with Gasteiger partial charge in [0.25, 0.3) is 11.5 Å². The van der Waals surface area contributed by atoms with Crippen molar-refractivity contribution >= 4 is 16.8 Å². The third-order valence-corrected chi connectivity index (χ3v) is 4.03. The average molecular weight is 324 g/mol. The molecule has 0 bridgehead atoms. The molecule has 0 atom stereocenters. The summed E-state index contributed by atoms with van der Waals surface area (Å²) in [5.74, 6) is 0.0514. The molecule has 0 radical (unpaired) electrons. The Bertz CT molecular complexity index is 923. The maximum absolute atomic E-state index is 12.6. The summed E-state index contributed by atoms with van der Waals surface area (Å²) in [5.41, 5.74) is 2.29. The van der Waals surface area contributed by atoms with E-state index in [1.165, 1.54) is 6.26 Å². The van der Waals surface area contributed by atoms with Gasteiger partial charge < -0.3 is 14.3 Å². The SMILES string of the molecule is Cc1ccc2[nH]c(=O)c(CN(C(=O)c3ccco3)C(C)C)cc2c1. The number of amides is 1. The molecule has 0 aliphatic rings. The number of hydrogen-bond donors (Lipinski definition) is 1. The first-order chi connectivity index (χ1) is 11.5. The summed E-state index contributed by atoms with van der Waals surface area (Å²) in [4.78, 5) is 29.5. The van der Waals surface area contributed by atoms with Crippen LogP contribution in [0.1, 0.15) is 35.5 Å². The van der Waals surface area contributed by atoms with E-state index in [9.17, 15) is 9.59 Å². The van der Waals surface area contributed by atoms with E-state index < -0.39 is 0 Å². The highest BCUT2D eigenvalue weighted by Gasteiger charge is 2.22. The highest BCUT2D eigenvalue weighted by Crippen LogP contribution is 2.16. The Hall–Kier alpha value is -2.82. The predicted octanol–water partition coefficient (Wildman–Crippen LogP) is 3.48. The molecule has 0 spiro atoms. The van der Waals surface area contributed by atoms with E-state index in [1.807, 2.05) is 45.0 Å². The lowest BCUT2D eigenvalue weighted by molar-refractivity contribution is 0.0657. The van der Waals surface area contributed by atoms with Crippen LogP contribution in [0.2, 0.25) is 0 Å². The molecule has 1 amide bonds. The van der Waals surface area contributed by atoms with Crippen LogP contribution in [0.5, 0.6) is 0 Å². The molecule has 0 aliphatic heterocycles. The number of hydrogen-bond acceptors (Lipinski definition) is 3. The number of aromatic nitrogens is 1. The molecule has 5 nitrogen and oxygen atoms in total. The summed E-state index contributed by atoms with van der Waals surface area (Å²) in [6, 6.07) is 11.0. The smallest absolute Gasteiger partial charge is 0.290 e. The van der Waals surface area contributed by atoms with Gasteiger partial charge in [-0.05, 0) is 56.5 Å². The average Bonchev–Trinajstić information content (AvgIpc) is 3.06. The minimum Gasteiger partial charge on any atom is -0.459 e. The fourth-order valence-electron chi connectivity index (χ4n) is 2.70. The van der Waals surface area contributed by atoms with E-state index in [4.69, 9.17) is 4.42 Å². The first-order valence-electron chi connectivity index (χ1n) is 7.93. The van der Waals surface area contributed by atoms with E-state index >= 15 is 0 Å². The Morgan fingerprint density at radius 3 is 2.71 bits per heavy atom. The zero-order valence-electron chi connectivity index (χ0n) is 14.0. The summed E-state index contributed by atoms with van der Waals surface area (Å²) >= 11 is 0. The van der Waals surface area contributed by atoms with Gasteiger partial charge in [-0.2, -0.15) is 0 Å². The van der Waals surface area contributed by atoms with Gasteiger partial charge in [-0.1, -0.05) is 11.6 Å². The molecule has 2 aromatic heterocycles. The van der Waals surface area contributed by atoms with Gasteiger partial charge in [0.05, 0.1) is 12.8 Å². The molecule has 124 valence electrons. The second-order valence-corrected chi connectivity index (χ2v) is 6.22. The lowest BCUT2D eigenvalue weighted by Gasteiger charge is -2.25. The zero-order chi connectivity index (χ0) is 17.3. The van der Waals surface area contributed by atoms with E-state index in [1.54, 1.807) is 17.0 Å². The molecule has 0 aliphatic carbocycles. The van der Waals surface area contributed by atoms with Crippen LogP contribution in [0.15, 0.2) is 51.9 Å². The van der Waals surface area contributed by atoms with Gasteiger partial charge in [0, 0.05) is 17.1 Å². The third kappa shape index (κ3) is 3.11. The van der Waals surface area contributed by atoms with Crippen LogP contribution in [0.25, 0.3) is 10.9 Å². The van der Waals surface area contributed by atoms with Crippen LogP contribution in [0, 0.1) is 6.92 Å². The summed E-state index contributed by atoms with van der Waals surface area (Å²) < 4.78 is 5.20. The molecule has 1 N–H and O–H groups in total. The van der Waals surface area contributed by atoms with Crippen LogP contribution in [0.4, 0.5) is 0 Å². The van der Waals surface area contributed by atoms with Gasteiger partial charge in [0.2, 0.25) is 0 Å². The summed E-state index contributed by atoms with van der Waals surface area (Å²) in [6.45, 7) is 6.07. The number of furan rings is 1. The minimum absolute atomic E-state index is 0.0600. The number of carbonyl (C=O) groups is 1. The molecule has 2 heterocycles. The fourth-order valence-corrected chi connectivity index (χ4v) is 2.70. The quantitative estimate of drug-likeness (QED) is 0.799. The highest BCUT2D eigenvalue weighted by molar-refractivity contribution is 5.91. The predicted molar refractivity (Wildman–Crippen MR) is 93.0 cm³/mol. The Kier molecular flexibility index (Phi) is 4.25. The minimum atomic E-state index is -0.223.